The van der Waals surface area contributed by atoms with Crippen molar-refractivity contribution in [3.05, 3.63) is 34.7 Å². The summed E-state index contributed by atoms with van der Waals surface area (Å²) in [7, 11) is -1.02. The summed E-state index contributed by atoms with van der Waals surface area (Å²) in [6, 6.07) is 1.19. The van der Waals surface area contributed by atoms with Crippen molar-refractivity contribution in [2.24, 2.45) is 11.8 Å². The quantitative estimate of drug-likeness (QED) is 0.172. The Balaban J connectivity index is 2.38. The van der Waals surface area contributed by atoms with E-state index in [1.807, 2.05) is 0 Å². The van der Waals surface area contributed by atoms with Crippen LogP contribution in [0.2, 0.25) is 25.7 Å². The summed E-state index contributed by atoms with van der Waals surface area (Å²) in [5.74, 6) is 6.95. The molecule has 1 atom stereocenters. The summed E-state index contributed by atoms with van der Waals surface area (Å²) < 4.78 is 5.73. The zero-order chi connectivity index (χ0) is 17.3. The minimum atomic E-state index is -1.02. The highest BCUT2D eigenvalue weighted by molar-refractivity contribution is 8.06. The summed E-state index contributed by atoms with van der Waals surface area (Å²) in [6.45, 7) is 17.0. The van der Waals surface area contributed by atoms with Crippen LogP contribution in [0.25, 0.3) is 0 Å². The highest BCUT2D eigenvalue weighted by atomic mass is 32.2. The van der Waals surface area contributed by atoms with Crippen LogP contribution in [0.1, 0.15) is 20.3 Å². The van der Waals surface area contributed by atoms with Gasteiger partial charge in [-0.1, -0.05) is 76.2 Å². The predicted octanol–water partition coefficient (Wildman–Crippen LogP) is 5.21. The molecule has 0 aromatic heterocycles. The van der Waals surface area contributed by atoms with Gasteiger partial charge in [-0.2, -0.15) is 0 Å². The molecule has 1 unspecified atom stereocenters. The fourth-order valence-electron chi connectivity index (χ4n) is 1.58. The Bertz CT molecular complexity index is 500. The van der Waals surface area contributed by atoms with Gasteiger partial charge in [-0.05, 0) is 23.4 Å². The second-order valence-corrected chi connectivity index (χ2v) is 13.8. The molecule has 0 fully saturated rings. The molecule has 1 aliphatic rings. The number of allylic oxidation sites excluding steroid dienone is 2. The first-order valence-electron chi connectivity index (χ1n) is 8.39. The monoisotopic (exact) mass is 349 g/mol. The summed E-state index contributed by atoms with van der Waals surface area (Å²) in [5, 5.41) is 5.48. The van der Waals surface area contributed by atoms with Crippen molar-refractivity contribution in [2.75, 3.05) is 13.3 Å². The van der Waals surface area contributed by atoms with Gasteiger partial charge in [0, 0.05) is 25.3 Å². The number of rotatable bonds is 12. The van der Waals surface area contributed by atoms with Gasteiger partial charge in [0.1, 0.15) is 12.6 Å². The zero-order valence-electron chi connectivity index (χ0n) is 15.2. The molecule has 2 nitrogen and oxygen atoms in total. The third-order valence-corrected chi connectivity index (χ3v) is 6.07. The second-order valence-electron chi connectivity index (χ2n) is 7.14. The molecule has 23 heavy (non-hydrogen) atoms. The fraction of sp³-hybridized carbons (Fsp3) is 0.579. The van der Waals surface area contributed by atoms with Crippen LogP contribution >= 0.6 is 11.8 Å². The third-order valence-electron chi connectivity index (χ3n) is 3.57. The summed E-state index contributed by atoms with van der Waals surface area (Å²) in [5.41, 5.74) is 1.03. The van der Waals surface area contributed by atoms with E-state index in [1.54, 1.807) is 11.8 Å². The predicted molar refractivity (Wildman–Crippen MR) is 107 cm³/mol. The third kappa shape index (κ3) is 10.5. The van der Waals surface area contributed by atoms with E-state index in [0.29, 0.717) is 12.6 Å². The van der Waals surface area contributed by atoms with Gasteiger partial charge in [-0.25, -0.2) is 0 Å². The molecule has 1 aliphatic carbocycles. The Morgan fingerprint density at radius 3 is 2.65 bits per heavy atom. The molecule has 1 rings (SSSR count). The van der Waals surface area contributed by atoms with Gasteiger partial charge in [0.2, 0.25) is 0 Å². The van der Waals surface area contributed by atoms with Crippen LogP contribution in [0.4, 0.5) is 0 Å². The van der Waals surface area contributed by atoms with Crippen molar-refractivity contribution < 1.29 is 4.74 Å². The lowest BCUT2D eigenvalue weighted by molar-refractivity contribution is 0.136. The van der Waals surface area contributed by atoms with E-state index in [4.69, 9.17) is 4.74 Å². The van der Waals surface area contributed by atoms with E-state index in [9.17, 15) is 0 Å². The number of hydrogen-bond acceptors (Lipinski definition) is 3. The number of hydrogen-bond donors (Lipinski definition) is 1. The highest BCUT2D eigenvalue weighted by Gasteiger charge is 2.13. The lowest BCUT2D eigenvalue weighted by Crippen LogP contribution is -2.24. The van der Waals surface area contributed by atoms with Crippen molar-refractivity contribution in [3.63, 3.8) is 0 Å². The van der Waals surface area contributed by atoms with Crippen molar-refractivity contribution in [3.8, 4) is 11.8 Å². The molecular weight excluding hydrogens is 318 g/mol. The second kappa shape index (κ2) is 10.1. The SMILES string of the molecule is C=C(S/C=C\C(C)CC)/C(=C/C1C#C1)NCOCC[Si](C)(C)C. The molecule has 0 aromatic carbocycles. The Morgan fingerprint density at radius 1 is 1.39 bits per heavy atom. The van der Waals surface area contributed by atoms with Crippen LogP contribution < -0.4 is 5.32 Å². The van der Waals surface area contributed by atoms with Gasteiger partial charge < -0.3 is 10.1 Å². The normalized spacial score (nSPS) is 16.1. The standard InChI is InChI=1S/C19H31NOSSi/c1-7-16(2)10-12-22-17(3)19(14-18-8-9-18)20-15-21-11-13-23(4,5)6/h10,12,14,16,18,20H,3,7,11,13,15H2,1-2,4-6H3/b12-10-,19-14-. The van der Waals surface area contributed by atoms with Gasteiger partial charge in [0.05, 0.1) is 0 Å². The van der Waals surface area contributed by atoms with Crippen LogP contribution in [0.3, 0.4) is 0 Å². The van der Waals surface area contributed by atoms with Crippen molar-refractivity contribution in [1.29, 1.82) is 0 Å². The van der Waals surface area contributed by atoms with E-state index in [0.717, 1.165) is 23.6 Å². The topological polar surface area (TPSA) is 21.3 Å². The summed E-state index contributed by atoms with van der Waals surface area (Å²) >= 11 is 1.66. The molecule has 128 valence electrons. The van der Waals surface area contributed by atoms with Crippen molar-refractivity contribution >= 4 is 19.8 Å². The van der Waals surface area contributed by atoms with Crippen LogP contribution in [-0.2, 0) is 4.74 Å². The molecule has 0 radical (unpaired) electrons. The molecule has 0 amide bonds. The molecule has 0 saturated heterocycles. The molecule has 0 bridgehead atoms. The highest BCUT2D eigenvalue weighted by Crippen LogP contribution is 2.25. The molecule has 0 saturated carbocycles. The van der Waals surface area contributed by atoms with Crippen LogP contribution in [0, 0.1) is 23.7 Å². The van der Waals surface area contributed by atoms with Crippen molar-refractivity contribution in [1.82, 2.24) is 5.32 Å². The summed E-state index contributed by atoms with van der Waals surface area (Å²) in [6.07, 6.45) is 5.49. The minimum absolute atomic E-state index is 0.232. The summed E-state index contributed by atoms with van der Waals surface area (Å²) in [4.78, 5) is 1.01. The van der Waals surface area contributed by atoms with E-state index in [-0.39, 0.29) is 5.92 Å². The molecule has 0 spiro atoms. The maximum absolute atomic E-state index is 5.73. The Labute approximate surface area is 147 Å². The maximum Gasteiger partial charge on any atom is 0.116 e. The first-order chi connectivity index (χ1) is 10.8. The van der Waals surface area contributed by atoms with Gasteiger partial charge in [0.25, 0.3) is 0 Å². The lowest BCUT2D eigenvalue weighted by atomic mass is 10.1. The molecule has 0 aromatic rings. The molecule has 4 heteroatoms. The van der Waals surface area contributed by atoms with Crippen LogP contribution in [-0.4, -0.2) is 21.4 Å². The average Bonchev–Trinajstić information content (AvgIpc) is 3.28. The van der Waals surface area contributed by atoms with E-state index >= 15 is 0 Å². The largest absolute Gasteiger partial charge is 0.362 e. The Kier molecular flexibility index (Phi) is 8.83. The van der Waals surface area contributed by atoms with Crippen LogP contribution in [0.15, 0.2) is 34.7 Å². The number of thioether (sulfide) groups is 1. The zero-order valence-corrected chi connectivity index (χ0v) is 17.1. The maximum atomic E-state index is 5.73. The molecular formula is C19H31NOSSi. The van der Waals surface area contributed by atoms with E-state index in [1.165, 1.54) is 6.04 Å². The first kappa shape index (κ1) is 20.2. The fourth-order valence-corrected chi connectivity index (χ4v) is 3.12. The Morgan fingerprint density at radius 2 is 2.09 bits per heavy atom. The van der Waals surface area contributed by atoms with Crippen molar-refractivity contribution in [2.45, 2.75) is 46.0 Å². The minimum Gasteiger partial charge on any atom is -0.362 e. The smallest absolute Gasteiger partial charge is 0.116 e. The van der Waals surface area contributed by atoms with E-state index < -0.39 is 8.07 Å². The van der Waals surface area contributed by atoms with E-state index in [2.05, 4.69) is 74.8 Å². The molecule has 1 N–H and O–H groups in total. The molecule has 0 aliphatic heterocycles. The van der Waals surface area contributed by atoms with Gasteiger partial charge in [-0.15, -0.1) is 0 Å². The Hall–Kier alpha value is -0.893. The van der Waals surface area contributed by atoms with Gasteiger partial charge >= 0.3 is 0 Å². The van der Waals surface area contributed by atoms with Gasteiger partial charge in [-0.3, -0.25) is 0 Å². The lowest BCUT2D eigenvalue weighted by Gasteiger charge is -2.17. The average molecular weight is 350 g/mol. The van der Waals surface area contributed by atoms with Crippen LogP contribution in [0.5, 0.6) is 0 Å². The number of ether oxygens (including phenoxy) is 1. The number of nitrogens with one attached hydrogen (secondary N) is 1. The first-order valence-corrected chi connectivity index (χ1v) is 13.0. The van der Waals surface area contributed by atoms with Gasteiger partial charge in [0.15, 0.2) is 0 Å². The molecule has 0 heterocycles.